The Morgan fingerprint density at radius 3 is 2.70 bits per heavy atom. The maximum atomic E-state index is 12.5. The molecule has 2 amide bonds. The van der Waals surface area contributed by atoms with Gasteiger partial charge >= 0.3 is 5.97 Å². The van der Waals surface area contributed by atoms with Gasteiger partial charge in [-0.1, -0.05) is 41.4 Å². The van der Waals surface area contributed by atoms with Crippen LogP contribution in [0.3, 0.4) is 0 Å². The normalized spacial score (nSPS) is 15.8. The van der Waals surface area contributed by atoms with Gasteiger partial charge in [0.15, 0.2) is 6.61 Å². The maximum absolute atomic E-state index is 12.5. The lowest BCUT2D eigenvalue weighted by molar-refractivity contribution is -0.151. The van der Waals surface area contributed by atoms with Gasteiger partial charge in [-0.15, -0.1) is 0 Å². The monoisotopic (exact) mass is 450 g/mol. The fourth-order valence-electron chi connectivity index (χ4n) is 3.10. The van der Waals surface area contributed by atoms with Crippen molar-refractivity contribution in [3.8, 4) is 5.75 Å². The minimum absolute atomic E-state index is 0.00102. The van der Waals surface area contributed by atoms with Crippen molar-refractivity contribution < 1.29 is 23.9 Å². The Labute approximate surface area is 183 Å². The lowest BCUT2D eigenvalue weighted by Crippen LogP contribution is -2.28. The Bertz CT molecular complexity index is 966. The molecule has 30 heavy (non-hydrogen) atoms. The first-order valence-electron chi connectivity index (χ1n) is 9.33. The minimum atomic E-state index is -0.672. The molecular weight excluding hydrogens is 431 g/mol. The zero-order valence-corrected chi connectivity index (χ0v) is 17.7. The zero-order valence-electron chi connectivity index (χ0n) is 16.2. The molecule has 9 heteroatoms. The van der Waals surface area contributed by atoms with Crippen molar-refractivity contribution in [1.82, 2.24) is 0 Å². The predicted molar refractivity (Wildman–Crippen MR) is 114 cm³/mol. The van der Waals surface area contributed by atoms with Crippen molar-refractivity contribution in [2.24, 2.45) is 5.92 Å². The molecule has 0 aliphatic carbocycles. The number of nitrogens with one attached hydrogen (secondary N) is 1. The van der Waals surface area contributed by atoms with Crippen LogP contribution in [0.15, 0.2) is 42.5 Å². The molecule has 1 heterocycles. The van der Waals surface area contributed by atoms with E-state index in [9.17, 15) is 14.4 Å². The van der Waals surface area contributed by atoms with E-state index in [-0.39, 0.29) is 23.9 Å². The van der Waals surface area contributed by atoms with E-state index in [1.165, 1.54) is 4.90 Å². The average Bonchev–Trinajstić information content (AvgIpc) is 3.12. The van der Waals surface area contributed by atoms with E-state index in [4.69, 9.17) is 32.7 Å². The number of esters is 1. The maximum Gasteiger partial charge on any atom is 0.311 e. The van der Waals surface area contributed by atoms with Crippen molar-refractivity contribution in [2.45, 2.75) is 13.3 Å². The van der Waals surface area contributed by atoms with Crippen LogP contribution in [-0.2, 0) is 19.1 Å². The summed E-state index contributed by atoms with van der Waals surface area (Å²) in [6, 6.07) is 11.9. The van der Waals surface area contributed by atoms with E-state index in [0.717, 1.165) is 0 Å². The molecule has 2 aromatic rings. The van der Waals surface area contributed by atoms with E-state index in [2.05, 4.69) is 5.32 Å². The number of hydrogen-bond donors (Lipinski definition) is 1. The Hall–Kier alpha value is -2.77. The number of amides is 2. The van der Waals surface area contributed by atoms with Gasteiger partial charge in [-0.05, 0) is 31.2 Å². The average molecular weight is 451 g/mol. The second-order valence-corrected chi connectivity index (χ2v) is 7.35. The van der Waals surface area contributed by atoms with Crippen LogP contribution in [0.4, 0.5) is 11.4 Å². The van der Waals surface area contributed by atoms with Gasteiger partial charge in [0.05, 0.1) is 33.9 Å². The Kier molecular flexibility index (Phi) is 7.18. The number of halogens is 2. The van der Waals surface area contributed by atoms with Gasteiger partial charge in [0, 0.05) is 13.0 Å². The Balaban J connectivity index is 1.57. The molecule has 0 unspecified atom stereocenters. The number of hydrogen-bond acceptors (Lipinski definition) is 5. The number of benzene rings is 2. The van der Waals surface area contributed by atoms with E-state index < -0.39 is 24.4 Å². The second kappa shape index (κ2) is 9.82. The van der Waals surface area contributed by atoms with Crippen LogP contribution >= 0.6 is 23.2 Å². The van der Waals surface area contributed by atoms with Crippen LogP contribution < -0.4 is 15.0 Å². The fraction of sp³-hybridized carbons (Fsp3) is 0.286. The van der Waals surface area contributed by atoms with Crippen LogP contribution in [-0.4, -0.2) is 37.5 Å². The highest BCUT2D eigenvalue weighted by atomic mass is 35.5. The van der Waals surface area contributed by atoms with Gasteiger partial charge in [-0.2, -0.15) is 0 Å². The number of para-hydroxylation sites is 2. The number of carbonyl (C=O) groups excluding carboxylic acids is 3. The molecule has 0 saturated carbocycles. The molecule has 7 nitrogen and oxygen atoms in total. The van der Waals surface area contributed by atoms with Crippen LogP contribution in [0.25, 0.3) is 0 Å². The number of ether oxygens (including phenoxy) is 2. The highest BCUT2D eigenvalue weighted by Crippen LogP contribution is 2.33. The van der Waals surface area contributed by atoms with Gasteiger partial charge in [-0.3, -0.25) is 14.4 Å². The second-order valence-electron chi connectivity index (χ2n) is 6.56. The van der Waals surface area contributed by atoms with Crippen molar-refractivity contribution in [3.63, 3.8) is 0 Å². The van der Waals surface area contributed by atoms with Gasteiger partial charge in [0.25, 0.3) is 5.91 Å². The molecule has 1 aliphatic heterocycles. The summed E-state index contributed by atoms with van der Waals surface area (Å²) < 4.78 is 10.7. The summed E-state index contributed by atoms with van der Waals surface area (Å²) in [7, 11) is 0. The lowest BCUT2D eigenvalue weighted by Gasteiger charge is -2.20. The summed E-state index contributed by atoms with van der Waals surface area (Å²) in [4.78, 5) is 38.4. The van der Waals surface area contributed by atoms with E-state index in [0.29, 0.717) is 28.8 Å². The van der Waals surface area contributed by atoms with Crippen molar-refractivity contribution >= 4 is 52.4 Å². The van der Waals surface area contributed by atoms with Crippen LogP contribution in [0.2, 0.25) is 10.0 Å². The number of nitrogens with zero attached hydrogens (tertiary/aromatic N) is 1. The molecule has 0 aromatic heterocycles. The summed E-state index contributed by atoms with van der Waals surface area (Å²) in [6.07, 6.45) is 0.00102. The molecule has 1 fully saturated rings. The lowest BCUT2D eigenvalue weighted by atomic mass is 10.1. The van der Waals surface area contributed by atoms with Gasteiger partial charge in [0.2, 0.25) is 5.91 Å². The number of rotatable bonds is 7. The minimum Gasteiger partial charge on any atom is -0.492 e. The molecule has 2 aromatic carbocycles. The highest BCUT2D eigenvalue weighted by molar-refractivity contribution is 6.44. The predicted octanol–water partition coefficient (Wildman–Crippen LogP) is 3.93. The van der Waals surface area contributed by atoms with Crippen LogP contribution in [0, 0.1) is 5.92 Å². The molecule has 158 valence electrons. The van der Waals surface area contributed by atoms with E-state index >= 15 is 0 Å². The van der Waals surface area contributed by atoms with Crippen LogP contribution in [0.5, 0.6) is 5.75 Å². The summed E-state index contributed by atoms with van der Waals surface area (Å²) in [5, 5.41) is 3.03. The largest absolute Gasteiger partial charge is 0.492 e. The Morgan fingerprint density at radius 1 is 1.17 bits per heavy atom. The first kappa shape index (κ1) is 21.9. The summed E-state index contributed by atoms with van der Waals surface area (Å²) in [5.74, 6) is -1.49. The van der Waals surface area contributed by atoms with Crippen molar-refractivity contribution in [3.05, 3.63) is 52.5 Å². The Morgan fingerprint density at radius 2 is 1.93 bits per heavy atom. The van der Waals surface area contributed by atoms with Gasteiger partial charge < -0.3 is 19.7 Å². The standard InChI is InChI=1S/C21H20Cl2N2O5/c1-2-29-17-9-4-3-8-16(17)25-11-13(10-19(25)27)21(28)30-12-18(26)24-15-7-5-6-14(22)20(15)23/h3-9,13H,2,10-12H2,1H3,(H,24,26)/t13-/m0/s1. The van der Waals surface area contributed by atoms with E-state index in [1.807, 2.05) is 13.0 Å². The molecule has 1 N–H and O–H groups in total. The van der Waals surface area contributed by atoms with Crippen molar-refractivity contribution in [2.75, 3.05) is 30.0 Å². The number of carbonyl (C=O) groups is 3. The summed E-state index contributed by atoms with van der Waals surface area (Å²) in [5.41, 5.74) is 0.924. The summed E-state index contributed by atoms with van der Waals surface area (Å²) in [6.45, 7) is 1.96. The highest BCUT2D eigenvalue weighted by Gasteiger charge is 2.37. The quantitative estimate of drug-likeness (QED) is 0.645. The summed E-state index contributed by atoms with van der Waals surface area (Å²) >= 11 is 11.9. The first-order valence-corrected chi connectivity index (χ1v) is 10.1. The molecule has 3 rings (SSSR count). The van der Waals surface area contributed by atoms with Gasteiger partial charge in [-0.25, -0.2) is 0 Å². The third-order valence-corrected chi connectivity index (χ3v) is 5.30. The topological polar surface area (TPSA) is 84.9 Å². The smallest absolute Gasteiger partial charge is 0.311 e. The molecule has 0 bridgehead atoms. The number of anilines is 2. The SMILES string of the molecule is CCOc1ccccc1N1C[C@@H](C(=O)OCC(=O)Nc2cccc(Cl)c2Cl)CC1=O. The van der Waals surface area contributed by atoms with Crippen molar-refractivity contribution in [1.29, 1.82) is 0 Å². The third kappa shape index (κ3) is 5.04. The molecule has 0 radical (unpaired) electrons. The molecule has 0 spiro atoms. The fourth-order valence-corrected chi connectivity index (χ4v) is 3.44. The first-order chi connectivity index (χ1) is 14.4. The molecule has 1 saturated heterocycles. The van der Waals surface area contributed by atoms with E-state index in [1.54, 1.807) is 36.4 Å². The zero-order chi connectivity index (χ0) is 21.7. The van der Waals surface area contributed by atoms with Gasteiger partial charge in [0.1, 0.15) is 5.75 Å². The molecule has 1 aliphatic rings. The molecule has 1 atom stereocenters. The van der Waals surface area contributed by atoms with Crippen LogP contribution in [0.1, 0.15) is 13.3 Å². The third-order valence-electron chi connectivity index (χ3n) is 4.49. The molecular formula is C21H20Cl2N2O5.